The predicted molar refractivity (Wildman–Crippen MR) is 98.8 cm³/mol. The van der Waals surface area contributed by atoms with Crippen molar-refractivity contribution < 1.29 is 4.79 Å². The van der Waals surface area contributed by atoms with E-state index in [9.17, 15) is 4.79 Å². The average Bonchev–Trinajstić information content (AvgIpc) is 2.87. The molecule has 2 aromatic rings. The van der Waals surface area contributed by atoms with Crippen LogP contribution in [0.3, 0.4) is 0 Å². The molecule has 0 aliphatic heterocycles. The zero-order chi connectivity index (χ0) is 16.1. The van der Waals surface area contributed by atoms with Gasteiger partial charge in [0.2, 0.25) is 11.9 Å². The first-order valence-electron chi connectivity index (χ1n) is 7.27. The van der Waals surface area contributed by atoms with Crippen LogP contribution in [0.4, 0.5) is 5.95 Å². The fraction of sp³-hybridized carbons (Fsp3) is 0.375. The number of aromatic nitrogens is 2. The van der Waals surface area contributed by atoms with Gasteiger partial charge in [0.1, 0.15) is 0 Å². The predicted octanol–water partition coefficient (Wildman–Crippen LogP) is 3.43. The number of rotatable bonds is 6. The van der Waals surface area contributed by atoms with E-state index in [1.54, 1.807) is 6.20 Å². The van der Waals surface area contributed by atoms with Crippen molar-refractivity contribution in [2.75, 3.05) is 5.32 Å². The number of hydrogen-bond acceptors (Lipinski definition) is 3. The van der Waals surface area contributed by atoms with Gasteiger partial charge in [-0.2, -0.15) is 0 Å². The lowest BCUT2D eigenvalue weighted by Crippen LogP contribution is -2.37. The maximum Gasteiger partial charge on any atom is 0.243 e. The number of imidazole rings is 1. The molecule has 1 aromatic carbocycles. The molecule has 0 aliphatic carbocycles. The number of nitrogens with zero attached hydrogens (tertiary/aromatic N) is 2. The van der Waals surface area contributed by atoms with Crippen molar-refractivity contribution in [3.05, 3.63) is 46.7 Å². The van der Waals surface area contributed by atoms with Gasteiger partial charge in [0.05, 0.1) is 12.6 Å². The highest BCUT2D eigenvalue weighted by Gasteiger charge is 2.17. The summed E-state index contributed by atoms with van der Waals surface area (Å²) in [5.41, 5.74) is 7.03. The minimum atomic E-state index is -0.516. The molecule has 1 amide bonds. The van der Waals surface area contributed by atoms with Crippen LogP contribution in [0.1, 0.15) is 25.8 Å². The topological polar surface area (TPSA) is 72.9 Å². The SMILES string of the molecule is CC(C)C[C@H](N)C(=O)Nc1nccn1Cc1ccc(Br)cc1.Cl. The lowest BCUT2D eigenvalue weighted by Gasteiger charge is -2.15. The molecule has 0 bridgehead atoms. The Balaban J connectivity index is 0.00000264. The van der Waals surface area contributed by atoms with Crippen LogP contribution in [-0.2, 0) is 11.3 Å². The van der Waals surface area contributed by atoms with Gasteiger partial charge >= 0.3 is 0 Å². The maximum atomic E-state index is 12.1. The molecule has 1 aromatic heterocycles. The number of amides is 1. The molecule has 0 unspecified atom stereocenters. The zero-order valence-corrected chi connectivity index (χ0v) is 15.6. The summed E-state index contributed by atoms with van der Waals surface area (Å²) in [6, 6.07) is 7.52. The third-order valence-electron chi connectivity index (χ3n) is 3.28. The third-order valence-corrected chi connectivity index (χ3v) is 3.81. The van der Waals surface area contributed by atoms with Gasteiger partial charge in [-0.05, 0) is 30.0 Å². The summed E-state index contributed by atoms with van der Waals surface area (Å²) in [6.07, 6.45) is 4.16. The Labute approximate surface area is 151 Å². The van der Waals surface area contributed by atoms with Crippen LogP contribution >= 0.6 is 28.3 Å². The van der Waals surface area contributed by atoms with Gasteiger partial charge in [-0.1, -0.05) is 41.9 Å². The van der Waals surface area contributed by atoms with Crippen LogP contribution in [0.15, 0.2) is 41.1 Å². The number of hydrogen-bond donors (Lipinski definition) is 2. The van der Waals surface area contributed by atoms with Crippen molar-refractivity contribution >= 4 is 40.2 Å². The van der Waals surface area contributed by atoms with Crippen LogP contribution < -0.4 is 11.1 Å². The molecule has 0 spiro atoms. The third kappa shape index (κ3) is 5.97. The van der Waals surface area contributed by atoms with E-state index >= 15 is 0 Å². The molecule has 0 radical (unpaired) electrons. The summed E-state index contributed by atoms with van der Waals surface area (Å²) in [4.78, 5) is 16.3. The lowest BCUT2D eigenvalue weighted by molar-refractivity contribution is -0.117. The van der Waals surface area contributed by atoms with Gasteiger partial charge in [0.25, 0.3) is 0 Å². The number of carbonyl (C=O) groups excluding carboxylic acids is 1. The van der Waals surface area contributed by atoms with Crippen LogP contribution in [0.25, 0.3) is 0 Å². The van der Waals surface area contributed by atoms with E-state index in [2.05, 4.69) is 26.2 Å². The van der Waals surface area contributed by atoms with Crippen LogP contribution in [0.2, 0.25) is 0 Å². The Bertz CT molecular complexity index is 627. The quantitative estimate of drug-likeness (QED) is 0.779. The van der Waals surface area contributed by atoms with E-state index in [1.807, 2.05) is 48.9 Å². The zero-order valence-electron chi connectivity index (χ0n) is 13.2. The van der Waals surface area contributed by atoms with Gasteiger partial charge < -0.3 is 10.3 Å². The first-order chi connectivity index (χ1) is 10.5. The minimum Gasteiger partial charge on any atom is -0.320 e. The van der Waals surface area contributed by atoms with E-state index in [0.29, 0.717) is 24.8 Å². The molecule has 126 valence electrons. The molecule has 0 fully saturated rings. The van der Waals surface area contributed by atoms with Crippen molar-refractivity contribution in [3.8, 4) is 0 Å². The first kappa shape index (κ1) is 19.7. The van der Waals surface area contributed by atoms with Crippen molar-refractivity contribution in [1.29, 1.82) is 0 Å². The second-order valence-electron chi connectivity index (χ2n) is 5.73. The van der Waals surface area contributed by atoms with Crippen molar-refractivity contribution in [2.24, 2.45) is 11.7 Å². The normalized spacial score (nSPS) is 11.9. The molecule has 7 heteroatoms. The lowest BCUT2D eigenvalue weighted by atomic mass is 10.0. The molecule has 0 saturated carbocycles. The fourth-order valence-electron chi connectivity index (χ4n) is 2.17. The average molecular weight is 402 g/mol. The number of carbonyl (C=O) groups is 1. The monoisotopic (exact) mass is 400 g/mol. The largest absolute Gasteiger partial charge is 0.320 e. The number of halogens is 2. The fourth-order valence-corrected chi connectivity index (χ4v) is 2.43. The highest BCUT2D eigenvalue weighted by molar-refractivity contribution is 9.10. The van der Waals surface area contributed by atoms with Crippen molar-refractivity contribution in [1.82, 2.24) is 9.55 Å². The summed E-state index contributed by atoms with van der Waals surface area (Å²) in [6.45, 7) is 4.73. The standard InChI is InChI=1S/C16H21BrN4O.ClH/c1-11(2)9-14(18)15(22)20-16-19-7-8-21(16)10-12-3-5-13(17)6-4-12;/h3-8,11,14H,9-10,18H2,1-2H3,(H,19,20,22);1H/t14-;/m0./s1. The maximum absolute atomic E-state index is 12.1. The summed E-state index contributed by atoms with van der Waals surface area (Å²) < 4.78 is 2.93. The highest BCUT2D eigenvalue weighted by Crippen LogP contribution is 2.14. The molecule has 1 heterocycles. The smallest absolute Gasteiger partial charge is 0.243 e. The summed E-state index contributed by atoms with van der Waals surface area (Å²) >= 11 is 3.42. The molecule has 3 N–H and O–H groups in total. The van der Waals surface area contributed by atoms with Gasteiger partial charge in [0.15, 0.2) is 0 Å². The minimum absolute atomic E-state index is 0. The molecule has 2 rings (SSSR count). The van der Waals surface area contributed by atoms with Crippen LogP contribution in [-0.4, -0.2) is 21.5 Å². The summed E-state index contributed by atoms with van der Waals surface area (Å²) in [5, 5.41) is 2.81. The second kappa shape index (κ2) is 9.05. The van der Waals surface area contributed by atoms with Crippen LogP contribution in [0.5, 0.6) is 0 Å². The Kier molecular flexibility index (Phi) is 7.75. The summed E-state index contributed by atoms with van der Waals surface area (Å²) in [5.74, 6) is 0.701. The molecule has 0 saturated heterocycles. The van der Waals surface area contributed by atoms with Gasteiger partial charge in [-0.3, -0.25) is 10.1 Å². The Hall–Kier alpha value is -1.37. The van der Waals surface area contributed by atoms with Gasteiger partial charge in [-0.25, -0.2) is 4.98 Å². The van der Waals surface area contributed by atoms with Crippen molar-refractivity contribution in [3.63, 3.8) is 0 Å². The number of benzene rings is 1. The molecule has 1 atom stereocenters. The van der Waals surface area contributed by atoms with E-state index in [-0.39, 0.29) is 18.3 Å². The first-order valence-corrected chi connectivity index (χ1v) is 8.07. The highest BCUT2D eigenvalue weighted by atomic mass is 79.9. The number of nitrogens with two attached hydrogens (primary N) is 1. The molecule has 5 nitrogen and oxygen atoms in total. The molecule has 23 heavy (non-hydrogen) atoms. The Morgan fingerprint density at radius 2 is 2.00 bits per heavy atom. The number of anilines is 1. The van der Waals surface area contributed by atoms with Gasteiger partial charge in [0, 0.05) is 16.9 Å². The number of nitrogens with one attached hydrogen (secondary N) is 1. The second-order valence-corrected chi connectivity index (χ2v) is 6.65. The van der Waals surface area contributed by atoms with E-state index in [0.717, 1.165) is 10.0 Å². The Morgan fingerprint density at radius 3 is 2.61 bits per heavy atom. The van der Waals surface area contributed by atoms with E-state index in [1.165, 1.54) is 0 Å². The van der Waals surface area contributed by atoms with E-state index < -0.39 is 6.04 Å². The van der Waals surface area contributed by atoms with E-state index in [4.69, 9.17) is 5.73 Å². The molecule has 0 aliphatic rings. The van der Waals surface area contributed by atoms with Gasteiger partial charge in [-0.15, -0.1) is 12.4 Å². The summed E-state index contributed by atoms with van der Waals surface area (Å²) in [7, 11) is 0. The Morgan fingerprint density at radius 1 is 1.35 bits per heavy atom. The molecular weight excluding hydrogens is 380 g/mol. The molecular formula is C16H22BrClN4O. The van der Waals surface area contributed by atoms with Crippen molar-refractivity contribution in [2.45, 2.75) is 32.9 Å². The van der Waals surface area contributed by atoms with Crippen LogP contribution in [0, 0.1) is 5.92 Å².